The molecule has 0 aromatic heterocycles. The summed E-state index contributed by atoms with van der Waals surface area (Å²) in [6.07, 6.45) is 1.17. The second-order valence-corrected chi connectivity index (χ2v) is 6.11. The first-order valence-corrected chi connectivity index (χ1v) is 8.30. The summed E-state index contributed by atoms with van der Waals surface area (Å²) in [6.45, 7) is 8.72. The van der Waals surface area contributed by atoms with E-state index in [-0.39, 0.29) is 0 Å². The molecule has 4 heteroatoms. The van der Waals surface area contributed by atoms with Crippen LogP contribution in [0.2, 0.25) is 0 Å². The van der Waals surface area contributed by atoms with Crippen LogP contribution in [0.5, 0.6) is 0 Å². The third-order valence-corrected chi connectivity index (χ3v) is 4.11. The zero-order chi connectivity index (χ0) is 15.9. The second-order valence-electron chi connectivity index (χ2n) is 6.11. The molecule has 0 bridgehead atoms. The minimum Gasteiger partial charge on any atom is -0.380 e. The van der Waals surface area contributed by atoms with Gasteiger partial charge in [-0.1, -0.05) is 38.1 Å². The number of nitrogens with zero attached hydrogens (tertiary/aromatic N) is 1. The quantitative estimate of drug-likeness (QED) is 0.462. The summed E-state index contributed by atoms with van der Waals surface area (Å²) >= 11 is 0. The van der Waals surface area contributed by atoms with E-state index >= 15 is 0 Å². The smallest absolute Gasteiger partial charge is 0.191 e. The molecule has 1 aromatic carbocycles. The van der Waals surface area contributed by atoms with E-state index in [1.54, 1.807) is 0 Å². The first-order chi connectivity index (χ1) is 10.7. The summed E-state index contributed by atoms with van der Waals surface area (Å²) in [5.74, 6) is 2.06. The summed E-state index contributed by atoms with van der Waals surface area (Å²) < 4.78 is 5.32. The topological polar surface area (TPSA) is 45.6 Å². The zero-order valence-electron chi connectivity index (χ0n) is 14.2. The fourth-order valence-electron chi connectivity index (χ4n) is 2.61. The largest absolute Gasteiger partial charge is 0.380 e. The molecule has 22 heavy (non-hydrogen) atoms. The van der Waals surface area contributed by atoms with Crippen molar-refractivity contribution >= 4 is 5.96 Å². The average molecular weight is 303 g/mol. The fourth-order valence-corrected chi connectivity index (χ4v) is 2.61. The van der Waals surface area contributed by atoms with E-state index in [1.807, 2.05) is 14.0 Å². The molecule has 2 unspecified atom stereocenters. The van der Waals surface area contributed by atoms with Gasteiger partial charge < -0.3 is 15.4 Å². The predicted molar refractivity (Wildman–Crippen MR) is 92.7 cm³/mol. The molecule has 0 aliphatic heterocycles. The molecule has 2 N–H and O–H groups in total. The molecule has 1 aliphatic carbocycles. The molecule has 122 valence electrons. The van der Waals surface area contributed by atoms with Crippen LogP contribution in [0.15, 0.2) is 29.3 Å². The first kappa shape index (κ1) is 16.8. The Morgan fingerprint density at radius 3 is 2.64 bits per heavy atom. The van der Waals surface area contributed by atoms with E-state index in [0.717, 1.165) is 19.1 Å². The molecule has 2 atom stereocenters. The lowest BCUT2D eigenvalue weighted by Gasteiger charge is -2.12. The van der Waals surface area contributed by atoms with Gasteiger partial charge in [0.05, 0.1) is 6.61 Å². The van der Waals surface area contributed by atoms with E-state index in [9.17, 15) is 0 Å². The third kappa shape index (κ3) is 4.73. The standard InChI is InChI=1S/C18H29N3O/c1-5-22-11-10-20-18(19-4)21-17-12-16(17)15-8-6-14(7-9-15)13(2)3/h6-9,13,16-17H,5,10-12H2,1-4H3,(H2,19,20,21). The number of benzene rings is 1. The Labute approximate surface area is 134 Å². The SMILES string of the molecule is CCOCCNC(=NC)NC1CC1c1ccc(C(C)C)cc1. The van der Waals surface area contributed by atoms with E-state index in [1.165, 1.54) is 17.5 Å². The maximum atomic E-state index is 5.32. The summed E-state index contributed by atoms with van der Waals surface area (Å²) in [5.41, 5.74) is 2.83. The van der Waals surface area contributed by atoms with Gasteiger partial charge in [0.25, 0.3) is 0 Å². The molecule has 0 spiro atoms. The second kappa shape index (κ2) is 8.18. The Morgan fingerprint density at radius 1 is 1.32 bits per heavy atom. The van der Waals surface area contributed by atoms with Crippen molar-refractivity contribution in [3.63, 3.8) is 0 Å². The van der Waals surface area contributed by atoms with Crippen molar-refractivity contribution in [2.45, 2.75) is 45.1 Å². The maximum Gasteiger partial charge on any atom is 0.191 e. The molecule has 1 fully saturated rings. The van der Waals surface area contributed by atoms with E-state index in [2.05, 4.69) is 53.7 Å². The van der Waals surface area contributed by atoms with Gasteiger partial charge in [0.1, 0.15) is 0 Å². The van der Waals surface area contributed by atoms with Crippen LogP contribution in [0.1, 0.15) is 50.2 Å². The molecule has 0 saturated heterocycles. The number of guanidine groups is 1. The van der Waals surface area contributed by atoms with Gasteiger partial charge in [-0.2, -0.15) is 0 Å². The Kier molecular flexibility index (Phi) is 6.25. The van der Waals surface area contributed by atoms with Crippen LogP contribution in [-0.4, -0.2) is 38.8 Å². The number of nitrogens with one attached hydrogen (secondary N) is 2. The number of hydrogen-bond donors (Lipinski definition) is 2. The van der Waals surface area contributed by atoms with Crippen LogP contribution in [0, 0.1) is 0 Å². The molecule has 1 saturated carbocycles. The Bertz CT molecular complexity index is 482. The van der Waals surface area contributed by atoms with Crippen molar-refractivity contribution in [1.29, 1.82) is 0 Å². The van der Waals surface area contributed by atoms with Crippen LogP contribution in [0.3, 0.4) is 0 Å². The normalized spacial score (nSPS) is 21.0. The van der Waals surface area contributed by atoms with Gasteiger partial charge in [-0.15, -0.1) is 0 Å². The lowest BCUT2D eigenvalue weighted by molar-refractivity contribution is 0.152. The van der Waals surface area contributed by atoms with Crippen LogP contribution in [0.4, 0.5) is 0 Å². The lowest BCUT2D eigenvalue weighted by Crippen LogP contribution is -2.40. The fraction of sp³-hybridized carbons (Fsp3) is 0.611. The van der Waals surface area contributed by atoms with Gasteiger partial charge in [0.2, 0.25) is 0 Å². The molecule has 0 amide bonds. The predicted octanol–water partition coefficient (Wildman–Crippen LogP) is 2.87. The third-order valence-electron chi connectivity index (χ3n) is 4.11. The van der Waals surface area contributed by atoms with Crippen molar-refractivity contribution in [2.75, 3.05) is 26.8 Å². The molecule has 1 aromatic rings. The number of hydrogen-bond acceptors (Lipinski definition) is 2. The van der Waals surface area contributed by atoms with Gasteiger partial charge in [-0.05, 0) is 30.4 Å². The van der Waals surface area contributed by atoms with Crippen molar-refractivity contribution in [1.82, 2.24) is 10.6 Å². The number of aliphatic imine (C=N–C) groups is 1. The van der Waals surface area contributed by atoms with Crippen molar-refractivity contribution < 1.29 is 4.74 Å². The van der Waals surface area contributed by atoms with Gasteiger partial charge in [-0.3, -0.25) is 4.99 Å². The van der Waals surface area contributed by atoms with Crippen molar-refractivity contribution in [2.24, 2.45) is 4.99 Å². The summed E-state index contributed by atoms with van der Waals surface area (Å²) in [6, 6.07) is 9.54. The highest BCUT2D eigenvalue weighted by atomic mass is 16.5. The van der Waals surface area contributed by atoms with Crippen LogP contribution >= 0.6 is 0 Å². The molecule has 2 rings (SSSR count). The van der Waals surface area contributed by atoms with Crippen molar-refractivity contribution in [3.8, 4) is 0 Å². The molecular weight excluding hydrogens is 274 g/mol. The molecule has 1 aliphatic rings. The molecule has 0 radical (unpaired) electrons. The van der Waals surface area contributed by atoms with E-state index in [0.29, 0.717) is 24.5 Å². The maximum absolute atomic E-state index is 5.32. The van der Waals surface area contributed by atoms with Crippen LogP contribution < -0.4 is 10.6 Å². The lowest BCUT2D eigenvalue weighted by atomic mass is 10.0. The van der Waals surface area contributed by atoms with Gasteiger partial charge in [0.15, 0.2) is 5.96 Å². The monoisotopic (exact) mass is 303 g/mol. The summed E-state index contributed by atoms with van der Waals surface area (Å²) in [7, 11) is 1.81. The highest BCUT2D eigenvalue weighted by Gasteiger charge is 2.38. The van der Waals surface area contributed by atoms with Crippen LogP contribution in [0.25, 0.3) is 0 Å². The van der Waals surface area contributed by atoms with Crippen LogP contribution in [-0.2, 0) is 4.74 Å². The Balaban J connectivity index is 1.79. The van der Waals surface area contributed by atoms with Gasteiger partial charge in [-0.25, -0.2) is 0 Å². The summed E-state index contributed by atoms with van der Waals surface area (Å²) in [4.78, 5) is 4.27. The zero-order valence-corrected chi connectivity index (χ0v) is 14.2. The van der Waals surface area contributed by atoms with E-state index in [4.69, 9.17) is 4.74 Å². The minimum absolute atomic E-state index is 0.489. The Morgan fingerprint density at radius 2 is 2.05 bits per heavy atom. The summed E-state index contributed by atoms with van der Waals surface area (Å²) in [5, 5.41) is 6.77. The van der Waals surface area contributed by atoms with E-state index < -0.39 is 0 Å². The number of rotatable bonds is 7. The average Bonchev–Trinajstić information content (AvgIpc) is 3.29. The molecule has 0 heterocycles. The van der Waals surface area contributed by atoms with Crippen molar-refractivity contribution in [3.05, 3.63) is 35.4 Å². The molecular formula is C18H29N3O. The first-order valence-electron chi connectivity index (χ1n) is 8.30. The molecule has 4 nitrogen and oxygen atoms in total. The highest BCUT2D eigenvalue weighted by Crippen LogP contribution is 2.40. The van der Waals surface area contributed by atoms with Gasteiger partial charge in [0, 0.05) is 32.2 Å². The van der Waals surface area contributed by atoms with Gasteiger partial charge >= 0.3 is 0 Å². The Hall–Kier alpha value is -1.55. The highest BCUT2D eigenvalue weighted by molar-refractivity contribution is 5.80. The number of ether oxygens (including phenoxy) is 1. The minimum atomic E-state index is 0.489.